The summed E-state index contributed by atoms with van der Waals surface area (Å²) in [6.45, 7) is 3.69. The van der Waals surface area contributed by atoms with Crippen molar-refractivity contribution in [3.05, 3.63) is 139 Å². The summed E-state index contributed by atoms with van der Waals surface area (Å²) >= 11 is 0. The Morgan fingerprint density at radius 2 is 1.16 bits per heavy atom. The first-order valence-corrected chi connectivity index (χ1v) is 21.7. The molecule has 17 nitrogen and oxygen atoms in total. The quantitative estimate of drug-likeness (QED) is 0.0787. The van der Waals surface area contributed by atoms with Gasteiger partial charge in [-0.05, 0) is 120 Å². The minimum Gasteiger partial charge on any atom is -0.506 e. The van der Waals surface area contributed by atoms with Crippen LogP contribution in [-0.4, -0.2) is 51.1 Å². The van der Waals surface area contributed by atoms with Gasteiger partial charge in [-0.1, -0.05) is 42.5 Å². The first kappa shape index (κ1) is 40.6. The molecule has 0 amide bonds. The molecular weight excluding hydrogens is 847 g/mol. The van der Waals surface area contributed by atoms with Crippen molar-refractivity contribution in [2.75, 3.05) is 0 Å². The molecule has 0 spiro atoms. The Labute approximate surface area is 357 Å². The van der Waals surface area contributed by atoms with Crippen LogP contribution in [0, 0.1) is 13.8 Å². The highest BCUT2D eigenvalue weighted by Gasteiger charge is 2.23. The molecule has 4 N–H and O–H groups in total. The summed E-state index contributed by atoms with van der Waals surface area (Å²) in [4.78, 5) is -0.252. The molecule has 312 valence electrons. The van der Waals surface area contributed by atoms with E-state index in [0.29, 0.717) is 45.2 Å². The molecule has 0 atom stereocenters. The highest BCUT2D eigenvalue weighted by Crippen LogP contribution is 2.40. The zero-order valence-electron chi connectivity index (χ0n) is 32.9. The second-order valence-electron chi connectivity index (χ2n) is 14.5. The monoisotopic (exact) mass is 877 g/mol. The number of azo groups is 3. The number of phenols is 2. The number of aromatic nitrogens is 3. The minimum atomic E-state index is -4.90. The number of benzene rings is 8. The molecule has 63 heavy (non-hydrogen) atoms. The molecule has 9 aromatic rings. The predicted octanol–water partition coefficient (Wildman–Crippen LogP) is 11.6. The molecule has 9 rings (SSSR count). The van der Waals surface area contributed by atoms with Gasteiger partial charge in [0, 0.05) is 22.2 Å². The molecular formula is C44H31N9O8S2. The van der Waals surface area contributed by atoms with Crippen LogP contribution in [0.25, 0.3) is 49.0 Å². The van der Waals surface area contributed by atoms with Gasteiger partial charge in [-0.3, -0.25) is 9.11 Å². The van der Waals surface area contributed by atoms with E-state index in [1.807, 2.05) is 61.5 Å². The lowest BCUT2D eigenvalue weighted by Crippen LogP contribution is -2.04. The van der Waals surface area contributed by atoms with Crippen molar-refractivity contribution >= 4 is 97.7 Å². The average Bonchev–Trinajstić information content (AvgIpc) is 3.70. The fourth-order valence-electron chi connectivity index (χ4n) is 6.97. The Kier molecular flexibility index (Phi) is 10.0. The molecule has 0 aliphatic heterocycles. The molecule has 1 aromatic heterocycles. The van der Waals surface area contributed by atoms with Gasteiger partial charge in [0.05, 0.1) is 33.3 Å². The van der Waals surface area contributed by atoms with E-state index >= 15 is 0 Å². The van der Waals surface area contributed by atoms with Crippen LogP contribution < -0.4 is 0 Å². The van der Waals surface area contributed by atoms with E-state index in [0.717, 1.165) is 28.1 Å². The third kappa shape index (κ3) is 8.07. The summed E-state index contributed by atoms with van der Waals surface area (Å²) in [6, 6.07) is 35.0. The molecule has 0 saturated carbocycles. The Morgan fingerprint density at radius 1 is 0.508 bits per heavy atom. The summed E-state index contributed by atoms with van der Waals surface area (Å²) in [7, 11) is -9.77. The second-order valence-corrected chi connectivity index (χ2v) is 17.3. The zero-order valence-corrected chi connectivity index (χ0v) is 34.5. The molecule has 8 aromatic carbocycles. The first-order chi connectivity index (χ1) is 30.1. The maximum atomic E-state index is 12.1. The fraction of sp³-hybridized carbons (Fsp3) is 0.0455. The van der Waals surface area contributed by atoms with Crippen LogP contribution in [0.1, 0.15) is 11.1 Å². The van der Waals surface area contributed by atoms with Gasteiger partial charge < -0.3 is 10.2 Å². The highest BCUT2D eigenvalue weighted by atomic mass is 32.2. The smallest absolute Gasteiger partial charge is 0.295 e. The van der Waals surface area contributed by atoms with Crippen LogP contribution in [0.15, 0.2) is 168 Å². The third-order valence-electron chi connectivity index (χ3n) is 10.2. The van der Waals surface area contributed by atoms with E-state index < -0.39 is 30.0 Å². The number of aromatic hydroxyl groups is 2. The topological polar surface area (TPSA) is 254 Å². The lowest BCUT2D eigenvalue weighted by atomic mass is 10.1. The zero-order chi connectivity index (χ0) is 44.2. The summed E-state index contributed by atoms with van der Waals surface area (Å²) < 4.78 is 67.7. The summed E-state index contributed by atoms with van der Waals surface area (Å²) in [5.41, 5.74) is 4.94. The van der Waals surface area contributed by atoms with E-state index in [1.54, 1.807) is 43.3 Å². The summed E-state index contributed by atoms with van der Waals surface area (Å²) in [6.07, 6.45) is 0. The molecule has 0 radical (unpaired) electrons. The molecule has 0 aliphatic carbocycles. The van der Waals surface area contributed by atoms with Crippen molar-refractivity contribution in [3.63, 3.8) is 0 Å². The second kappa shape index (κ2) is 15.6. The summed E-state index contributed by atoms with van der Waals surface area (Å²) in [5.74, 6) is -0.403. The van der Waals surface area contributed by atoms with E-state index in [1.165, 1.54) is 29.1 Å². The highest BCUT2D eigenvalue weighted by molar-refractivity contribution is 7.86. The van der Waals surface area contributed by atoms with E-state index in [-0.39, 0.29) is 44.7 Å². The molecule has 0 unspecified atom stereocenters. The molecule has 0 saturated heterocycles. The normalized spacial score (nSPS) is 12.6. The molecule has 19 heteroatoms. The Hall–Kier alpha value is -7.84. The van der Waals surface area contributed by atoms with E-state index in [4.69, 9.17) is 0 Å². The fourth-order valence-corrected chi connectivity index (χ4v) is 8.31. The van der Waals surface area contributed by atoms with Gasteiger partial charge in [0.25, 0.3) is 20.2 Å². The number of rotatable bonds is 9. The van der Waals surface area contributed by atoms with E-state index in [2.05, 4.69) is 40.9 Å². The maximum Gasteiger partial charge on any atom is 0.295 e. The van der Waals surface area contributed by atoms with Crippen LogP contribution in [0.2, 0.25) is 0 Å². The van der Waals surface area contributed by atoms with Gasteiger partial charge in [-0.15, -0.1) is 20.4 Å². The Bertz CT molecular complexity index is 3700. The van der Waals surface area contributed by atoms with Crippen LogP contribution in [0.3, 0.4) is 0 Å². The van der Waals surface area contributed by atoms with Gasteiger partial charge >= 0.3 is 0 Å². The number of hydrogen-bond donors (Lipinski definition) is 4. The lowest BCUT2D eigenvalue weighted by molar-refractivity contribution is 0.475. The maximum absolute atomic E-state index is 12.1. The Morgan fingerprint density at radius 3 is 1.92 bits per heavy atom. The summed E-state index contributed by atoms with van der Waals surface area (Å²) in [5, 5.41) is 60.0. The van der Waals surface area contributed by atoms with Crippen molar-refractivity contribution in [3.8, 4) is 17.2 Å². The number of phenolic OH excluding ortho intramolecular Hbond substituents is 2. The minimum absolute atomic E-state index is 0.00436. The van der Waals surface area contributed by atoms with Crippen LogP contribution in [0.5, 0.6) is 11.5 Å². The van der Waals surface area contributed by atoms with Crippen molar-refractivity contribution in [2.45, 2.75) is 23.6 Å². The first-order valence-electron chi connectivity index (χ1n) is 18.8. The van der Waals surface area contributed by atoms with Crippen LogP contribution in [0.4, 0.5) is 34.1 Å². The van der Waals surface area contributed by atoms with Gasteiger partial charge in [-0.2, -0.15) is 42.1 Å². The van der Waals surface area contributed by atoms with Crippen LogP contribution >= 0.6 is 0 Å². The van der Waals surface area contributed by atoms with Crippen molar-refractivity contribution in [1.82, 2.24) is 15.0 Å². The SMILES string of the molecule is Cc1cc(N=Nc2cc(O)c(N=Nc3ccc4cc(-n5nc6ccc7c(S(=O)(=O)O)cc(S(=O)(=O)O)cc7c6n5)ccc4c3O)cc2C)ccc1N=Nc1ccc2ccccc2c1. The van der Waals surface area contributed by atoms with Gasteiger partial charge in [0.1, 0.15) is 33.1 Å². The number of nitrogens with zero attached hydrogens (tertiary/aromatic N) is 9. The molecule has 0 aliphatic rings. The Balaban J connectivity index is 0.929. The number of hydrogen-bond acceptors (Lipinski definition) is 14. The van der Waals surface area contributed by atoms with E-state index in [9.17, 15) is 36.2 Å². The van der Waals surface area contributed by atoms with Crippen LogP contribution in [-0.2, 0) is 20.2 Å². The largest absolute Gasteiger partial charge is 0.506 e. The van der Waals surface area contributed by atoms with Gasteiger partial charge in [0.2, 0.25) is 0 Å². The number of fused-ring (bicyclic) bond motifs is 5. The predicted molar refractivity (Wildman–Crippen MR) is 236 cm³/mol. The lowest BCUT2D eigenvalue weighted by Gasteiger charge is -2.07. The number of aryl methyl sites for hydroxylation is 2. The van der Waals surface area contributed by atoms with Crippen molar-refractivity contribution < 1.29 is 36.2 Å². The molecule has 0 bridgehead atoms. The van der Waals surface area contributed by atoms with Crippen molar-refractivity contribution in [1.29, 1.82) is 0 Å². The van der Waals surface area contributed by atoms with Crippen molar-refractivity contribution in [2.24, 2.45) is 30.7 Å². The standard InChI is InChI=1S/C44H31N9O8S2/c1-24-17-29(10-15-36(24)47-46-30-9-7-26-5-3-4-6-27(26)19-30)45-49-39-23-41(54)40(18-25(39)2)50-48-38-14-8-28-20-31(11-12-33(28)44(38)55)53-51-37-16-13-34-35(43(37)52-53)21-32(62(56,57)58)22-42(34)63(59,60)61/h3-23,54-55H,1-2H3,(H,56,57,58)(H,59,60,61). The van der Waals surface area contributed by atoms with Gasteiger partial charge in [0.15, 0.2) is 5.75 Å². The average molecular weight is 878 g/mol. The van der Waals surface area contributed by atoms with Gasteiger partial charge in [-0.25, -0.2) is 0 Å². The molecule has 0 fully saturated rings. The molecule has 1 heterocycles. The third-order valence-corrected chi connectivity index (χ3v) is 11.9.